The maximum Gasteiger partial charge on any atom is 0.248 e. The normalized spacial score (nSPS) is 11.5. The molecule has 0 heterocycles. The second kappa shape index (κ2) is 8.48. The second-order valence-corrected chi connectivity index (χ2v) is 8.11. The van der Waals surface area contributed by atoms with Gasteiger partial charge in [-0.25, -0.2) is 13.1 Å². The lowest BCUT2D eigenvalue weighted by atomic mass is 10.2. The molecule has 0 radical (unpaired) electrons. The van der Waals surface area contributed by atoms with Gasteiger partial charge in [0.25, 0.3) is 0 Å². The second-order valence-electron chi connectivity index (χ2n) is 5.40. The van der Waals surface area contributed by atoms with Crippen LogP contribution in [0.2, 0.25) is 0 Å². The van der Waals surface area contributed by atoms with E-state index in [1.165, 1.54) is 32.4 Å². The summed E-state index contributed by atoms with van der Waals surface area (Å²) in [5, 5.41) is 2.76. The number of benzene rings is 2. The summed E-state index contributed by atoms with van der Waals surface area (Å²) in [4.78, 5) is 12.1. The third-order valence-corrected chi connectivity index (χ3v) is 5.92. The quantitative estimate of drug-likeness (QED) is 0.677. The SMILES string of the molecule is CNS(=O)(=O)c1cc(/C=C/C(=O)Nc2ccc(Br)c(C)c2)ccc1OC. The zero-order valence-electron chi connectivity index (χ0n) is 14.5. The molecular weight excluding hydrogens is 420 g/mol. The first-order valence-corrected chi connectivity index (χ1v) is 9.91. The lowest BCUT2D eigenvalue weighted by Crippen LogP contribution is -2.19. The third-order valence-electron chi connectivity index (χ3n) is 3.60. The number of anilines is 1. The van der Waals surface area contributed by atoms with Crippen LogP contribution in [0.4, 0.5) is 5.69 Å². The number of methoxy groups -OCH3 is 1. The van der Waals surface area contributed by atoms with Crippen molar-refractivity contribution in [1.29, 1.82) is 0 Å². The molecule has 0 fully saturated rings. The van der Waals surface area contributed by atoms with Gasteiger partial charge < -0.3 is 10.1 Å². The number of ether oxygens (including phenoxy) is 1. The third kappa shape index (κ3) is 4.94. The monoisotopic (exact) mass is 438 g/mol. The van der Waals surface area contributed by atoms with Gasteiger partial charge in [-0.2, -0.15) is 0 Å². The summed E-state index contributed by atoms with van der Waals surface area (Å²) in [7, 11) is -0.953. The molecule has 2 N–H and O–H groups in total. The van der Waals surface area contributed by atoms with Crippen LogP contribution in [-0.4, -0.2) is 28.5 Å². The molecule has 0 unspecified atom stereocenters. The zero-order valence-corrected chi connectivity index (χ0v) is 16.9. The van der Waals surface area contributed by atoms with Crippen molar-refractivity contribution >= 4 is 43.6 Å². The van der Waals surface area contributed by atoms with E-state index in [4.69, 9.17) is 4.74 Å². The summed E-state index contributed by atoms with van der Waals surface area (Å²) >= 11 is 3.41. The molecule has 0 saturated carbocycles. The smallest absolute Gasteiger partial charge is 0.248 e. The van der Waals surface area contributed by atoms with E-state index >= 15 is 0 Å². The largest absolute Gasteiger partial charge is 0.495 e. The molecule has 0 aliphatic heterocycles. The van der Waals surface area contributed by atoms with Crippen molar-refractivity contribution in [1.82, 2.24) is 4.72 Å². The number of hydrogen-bond acceptors (Lipinski definition) is 4. The zero-order chi connectivity index (χ0) is 19.3. The van der Waals surface area contributed by atoms with E-state index in [1.54, 1.807) is 18.2 Å². The van der Waals surface area contributed by atoms with E-state index in [-0.39, 0.29) is 16.6 Å². The van der Waals surface area contributed by atoms with Gasteiger partial charge in [-0.3, -0.25) is 4.79 Å². The molecule has 8 heteroatoms. The molecule has 0 aliphatic carbocycles. The van der Waals surface area contributed by atoms with Gasteiger partial charge in [0, 0.05) is 16.2 Å². The first-order valence-electron chi connectivity index (χ1n) is 7.63. The fourth-order valence-corrected chi connectivity index (χ4v) is 3.37. The molecule has 2 aromatic rings. The number of nitrogens with one attached hydrogen (secondary N) is 2. The number of carbonyl (C=O) groups is 1. The van der Waals surface area contributed by atoms with E-state index in [0.29, 0.717) is 11.3 Å². The number of rotatable bonds is 6. The predicted octanol–water partition coefficient (Wildman–Crippen LogP) is 3.33. The molecule has 0 aromatic heterocycles. The van der Waals surface area contributed by atoms with Gasteiger partial charge in [-0.05, 0) is 61.5 Å². The van der Waals surface area contributed by atoms with Gasteiger partial charge in [0.15, 0.2) is 0 Å². The molecule has 2 aromatic carbocycles. The van der Waals surface area contributed by atoms with E-state index < -0.39 is 10.0 Å². The van der Waals surface area contributed by atoms with Gasteiger partial charge >= 0.3 is 0 Å². The number of aryl methyl sites for hydroxylation is 1. The van der Waals surface area contributed by atoms with Gasteiger partial charge in [0.1, 0.15) is 10.6 Å². The van der Waals surface area contributed by atoms with Crippen molar-refractivity contribution < 1.29 is 17.9 Å². The fourth-order valence-electron chi connectivity index (χ4n) is 2.20. The Morgan fingerprint density at radius 1 is 1.19 bits per heavy atom. The highest BCUT2D eigenvalue weighted by Gasteiger charge is 2.17. The Morgan fingerprint density at radius 3 is 2.54 bits per heavy atom. The molecule has 0 bridgehead atoms. The van der Waals surface area contributed by atoms with E-state index in [2.05, 4.69) is 26.0 Å². The average molecular weight is 439 g/mol. The Balaban J connectivity index is 2.20. The van der Waals surface area contributed by atoms with Gasteiger partial charge in [0.2, 0.25) is 15.9 Å². The molecule has 0 aliphatic rings. The minimum Gasteiger partial charge on any atom is -0.495 e. The summed E-state index contributed by atoms with van der Waals surface area (Å²) in [5.41, 5.74) is 2.24. The molecule has 26 heavy (non-hydrogen) atoms. The number of hydrogen-bond donors (Lipinski definition) is 2. The Hall–Kier alpha value is -2.16. The first-order chi connectivity index (χ1) is 12.3. The van der Waals surface area contributed by atoms with Crippen LogP contribution in [0.25, 0.3) is 6.08 Å². The van der Waals surface area contributed by atoms with Crippen molar-refractivity contribution in [2.45, 2.75) is 11.8 Å². The van der Waals surface area contributed by atoms with Gasteiger partial charge in [0.05, 0.1) is 7.11 Å². The van der Waals surface area contributed by atoms with Crippen LogP contribution in [0.15, 0.2) is 51.8 Å². The number of sulfonamides is 1. The summed E-state index contributed by atoms with van der Waals surface area (Å²) in [6.07, 6.45) is 2.88. The first kappa shape index (κ1) is 20.2. The highest BCUT2D eigenvalue weighted by molar-refractivity contribution is 9.10. The fraction of sp³-hybridized carbons (Fsp3) is 0.167. The van der Waals surface area contributed by atoms with Crippen molar-refractivity contribution in [3.8, 4) is 5.75 Å². The summed E-state index contributed by atoms with van der Waals surface area (Å²) in [6.45, 7) is 1.93. The van der Waals surface area contributed by atoms with Crippen molar-refractivity contribution in [2.75, 3.05) is 19.5 Å². The summed E-state index contributed by atoms with van der Waals surface area (Å²) in [6, 6.07) is 10.1. The number of halogens is 1. The van der Waals surface area contributed by atoms with Crippen molar-refractivity contribution in [3.05, 3.63) is 58.1 Å². The Kier molecular flexibility index (Phi) is 6.57. The molecule has 138 valence electrons. The van der Waals surface area contributed by atoms with Crippen molar-refractivity contribution in [3.63, 3.8) is 0 Å². The highest BCUT2D eigenvalue weighted by Crippen LogP contribution is 2.25. The standard InChI is InChI=1S/C18H19BrN2O4S/c1-12-10-14(6-7-15(12)19)21-18(22)9-5-13-4-8-16(25-3)17(11-13)26(23,24)20-2/h4-11,20H,1-3H3,(H,21,22)/b9-5+. The maximum atomic E-state index is 12.1. The predicted molar refractivity (Wildman–Crippen MR) is 106 cm³/mol. The lowest BCUT2D eigenvalue weighted by molar-refractivity contribution is -0.111. The Labute approximate surface area is 161 Å². The van der Waals surface area contributed by atoms with E-state index in [9.17, 15) is 13.2 Å². The minimum absolute atomic E-state index is 0.00796. The molecule has 0 atom stereocenters. The van der Waals surface area contributed by atoms with Crippen LogP contribution in [-0.2, 0) is 14.8 Å². The molecule has 1 amide bonds. The maximum absolute atomic E-state index is 12.1. The molecule has 6 nitrogen and oxygen atoms in total. The van der Waals surface area contributed by atoms with Crippen LogP contribution in [0.3, 0.4) is 0 Å². The van der Waals surface area contributed by atoms with Crippen LogP contribution >= 0.6 is 15.9 Å². The van der Waals surface area contributed by atoms with Crippen LogP contribution < -0.4 is 14.8 Å². The summed E-state index contributed by atoms with van der Waals surface area (Å²) in [5.74, 6) is -0.0909. The lowest BCUT2D eigenvalue weighted by Gasteiger charge is -2.09. The van der Waals surface area contributed by atoms with Crippen LogP contribution in [0.5, 0.6) is 5.75 Å². The highest BCUT2D eigenvalue weighted by atomic mass is 79.9. The topological polar surface area (TPSA) is 84.5 Å². The molecule has 0 saturated heterocycles. The molecular formula is C18H19BrN2O4S. The van der Waals surface area contributed by atoms with E-state index in [1.807, 2.05) is 19.1 Å². The Bertz CT molecular complexity index is 956. The van der Waals surface area contributed by atoms with Gasteiger partial charge in [-0.15, -0.1) is 0 Å². The number of amides is 1. The Morgan fingerprint density at radius 2 is 1.92 bits per heavy atom. The van der Waals surface area contributed by atoms with Gasteiger partial charge in [-0.1, -0.05) is 22.0 Å². The van der Waals surface area contributed by atoms with E-state index in [0.717, 1.165) is 10.0 Å². The molecule has 0 spiro atoms. The summed E-state index contributed by atoms with van der Waals surface area (Å²) < 4.78 is 32.4. The minimum atomic E-state index is -3.67. The average Bonchev–Trinajstić information content (AvgIpc) is 2.62. The molecule has 2 rings (SSSR count). The van der Waals surface area contributed by atoms with Crippen LogP contribution in [0.1, 0.15) is 11.1 Å². The van der Waals surface area contributed by atoms with Crippen LogP contribution in [0, 0.1) is 6.92 Å². The van der Waals surface area contributed by atoms with Crippen molar-refractivity contribution in [2.24, 2.45) is 0 Å². The number of carbonyl (C=O) groups excluding carboxylic acids is 1.